The predicted octanol–water partition coefficient (Wildman–Crippen LogP) is 1.45. The van der Waals surface area contributed by atoms with Gasteiger partial charge in [0.2, 0.25) is 5.91 Å². The van der Waals surface area contributed by atoms with Crippen molar-refractivity contribution in [3.8, 4) is 0 Å². The molecular formula is C13H17FN2O2. The van der Waals surface area contributed by atoms with Gasteiger partial charge in [0.25, 0.3) is 0 Å². The number of ether oxygens (including phenoxy) is 1. The molecule has 1 saturated heterocycles. The van der Waals surface area contributed by atoms with Gasteiger partial charge < -0.3 is 15.4 Å². The number of rotatable bonds is 3. The lowest BCUT2D eigenvalue weighted by Crippen LogP contribution is -2.43. The van der Waals surface area contributed by atoms with Crippen LogP contribution in [0.15, 0.2) is 18.2 Å². The number of halogens is 1. The van der Waals surface area contributed by atoms with Gasteiger partial charge in [-0.3, -0.25) is 4.79 Å². The van der Waals surface area contributed by atoms with E-state index in [9.17, 15) is 9.18 Å². The molecule has 1 aliphatic rings. The van der Waals surface area contributed by atoms with Crippen LogP contribution in [0.2, 0.25) is 0 Å². The van der Waals surface area contributed by atoms with E-state index in [1.165, 1.54) is 6.07 Å². The first-order valence-corrected chi connectivity index (χ1v) is 6.03. The van der Waals surface area contributed by atoms with Crippen LogP contribution in [-0.2, 0) is 9.53 Å². The minimum Gasteiger partial charge on any atom is -0.378 e. The average Bonchev–Trinajstić information content (AvgIpc) is 2.35. The van der Waals surface area contributed by atoms with Gasteiger partial charge in [0.1, 0.15) is 5.82 Å². The molecule has 2 N–H and O–H groups in total. The minimum atomic E-state index is -0.406. The molecule has 1 aromatic carbocycles. The number of hydrogen-bond acceptors (Lipinski definition) is 3. The van der Waals surface area contributed by atoms with Crippen molar-refractivity contribution in [2.75, 3.05) is 25.1 Å². The van der Waals surface area contributed by atoms with E-state index in [0.717, 1.165) is 12.1 Å². The summed E-state index contributed by atoms with van der Waals surface area (Å²) in [6.07, 6.45) is 0.285. The first-order valence-electron chi connectivity index (χ1n) is 6.03. The molecule has 1 fully saturated rings. The van der Waals surface area contributed by atoms with Crippen LogP contribution >= 0.6 is 0 Å². The SMILES string of the molecule is Cc1cccc(F)c1NC(=O)CC1COCCN1. The molecule has 1 heterocycles. The molecule has 0 spiro atoms. The summed E-state index contributed by atoms with van der Waals surface area (Å²) in [6, 6.07) is 4.73. The van der Waals surface area contributed by atoms with Crippen molar-refractivity contribution in [3.63, 3.8) is 0 Å². The van der Waals surface area contributed by atoms with E-state index in [0.29, 0.717) is 13.2 Å². The Balaban J connectivity index is 1.94. The van der Waals surface area contributed by atoms with E-state index in [2.05, 4.69) is 10.6 Å². The molecule has 5 heteroatoms. The van der Waals surface area contributed by atoms with Crippen LogP contribution in [0.5, 0.6) is 0 Å². The first kappa shape index (κ1) is 13.0. The van der Waals surface area contributed by atoms with Gasteiger partial charge in [-0.05, 0) is 18.6 Å². The first-order chi connectivity index (χ1) is 8.66. The highest BCUT2D eigenvalue weighted by molar-refractivity contribution is 5.92. The van der Waals surface area contributed by atoms with Crippen LogP contribution in [0.4, 0.5) is 10.1 Å². The van der Waals surface area contributed by atoms with Crippen molar-refractivity contribution in [3.05, 3.63) is 29.6 Å². The molecule has 0 saturated carbocycles. The van der Waals surface area contributed by atoms with Crippen molar-refractivity contribution in [1.82, 2.24) is 5.32 Å². The number of carbonyl (C=O) groups excluding carboxylic acids is 1. The minimum absolute atomic E-state index is 0.00540. The van der Waals surface area contributed by atoms with Crippen molar-refractivity contribution in [1.29, 1.82) is 0 Å². The second kappa shape index (κ2) is 5.93. The van der Waals surface area contributed by atoms with Gasteiger partial charge in [0, 0.05) is 19.0 Å². The summed E-state index contributed by atoms with van der Waals surface area (Å²) < 4.78 is 18.8. The molecule has 0 bridgehead atoms. The molecule has 1 aliphatic heterocycles. The van der Waals surface area contributed by atoms with Crippen LogP contribution in [-0.4, -0.2) is 31.7 Å². The van der Waals surface area contributed by atoms with Gasteiger partial charge in [0.05, 0.1) is 18.9 Å². The fraction of sp³-hybridized carbons (Fsp3) is 0.462. The molecule has 1 atom stereocenters. The summed E-state index contributed by atoms with van der Waals surface area (Å²) in [6.45, 7) is 3.70. The summed E-state index contributed by atoms with van der Waals surface area (Å²) in [7, 11) is 0. The lowest BCUT2D eigenvalue weighted by molar-refractivity contribution is -0.117. The van der Waals surface area contributed by atoms with E-state index in [4.69, 9.17) is 4.74 Å². The number of benzene rings is 1. The number of morpholine rings is 1. The van der Waals surface area contributed by atoms with Crippen LogP contribution in [0, 0.1) is 12.7 Å². The third kappa shape index (κ3) is 3.27. The smallest absolute Gasteiger partial charge is 0.226 e. The van der Waals surface area contributed by atoms with E-state index in [1.54, 1.807) is 19.1 Å². The highest BCUT2D eigenvalue weighted by Gasteiger charge is 2.18. The maximum atomic E-state index is 13.5. The molecule has 4 nitrogen and oxygen atoms in total. The fourth-order valence-corrected chi connectivity index (χ4v) is 1.96. The van der Waals surface area contributed by atoms with E-state index >= 15 is 0 Å². The Labute approximate surface area is 106 Å². The van der Waals surface area contributed by atoms with Gasteiger partial charge >= 0.3 is 0 Å². The van der Waals surface area contributed by atoms with Crippen molar-refractivity contribution in [2.24, 2.45) is 0 Å². The Kier molecular flexibility index (Phi) is 4.28. The fourth-order valence-electron chi connectivity index (χ4n) is 1.96. The summed E-state index contributed by atoms with van der Waals surface area (Å²) in [5.74, 6) is -0.609. The number of anilines is 1. The molecule has 1 aromatic rings. The monoisotopic (exact) mass is 252 g/mol. The number of carbonyl (C=O) groups is 1. The topological polar surface area (TPSA) is 50.4 Å². The summed E-state index contributed by atoms with van der Waals surface area (Å²) in [4.78, 5) is 11.8. The normalized spacial score (nSPS) is 19.6. The molecule has 2 rings (SSSR count). The maximum Gasteiger partial charge on any atom is 0.226 e. The second-order valence-corrected chi connectivity index (χ2v) is 4.41. The largest absolute Gasteiger partial charge is 0.378 e. The lowest BCUT2D eigenvalue weighted by atomic mass is 10.1. The molecule has 1 amide bonds. The zero-order valence-electron chi connectivity index (χ0n) is 10.3. The standard InChI is InChI=1S/C13H17FN2O2/c1-9-3-2-4-11(14)13(9)16-12(17)7-10-8-18-6-5-15-10/h2-4,10,15H,5-8H2,1H3,(H,16,17). The molecular weight excluding hydrogens is 235 g/mol. The van der Waals surface area contributed by atoms with Gasteiger partial charge in [-0.1, -0.05) is 12.1 Å². The van der Waals surface area contributed by atoms with Crippen LogP contribution in [0.25, 0.3) is 0 Å². The third-order valence-corrected chi connectivity index (χ3v) is 2.92. The summed E-state index contributed by atoms with van der Waals surface area (Å²) >= 11 is 0. The van der Waals surface area contributed by atoms with Crippen LogP contribution < -0.4 is 10.6 Å². The summed E-state index contributed by atoms with van der Waals surface area (Å²) in [5.41, 5.74) is 0.982. The average molecular weight is 252 g/mol. The maximum absolute atomic E-state index is 13.5. The van der Waals surface area contributed by atoms with Gasteiger partial charge in [-0.2, -0.15) is 0 Å². The Morgan fingerprint density at radius 3 is 3.11 bits per heavy atom. The molecule has 0 aromatic heterocycles. The Morgan fingerprint density at radius 1 is 1.61 bits per heavy atom. The zero-order valence-corrected chi connectivity index (χ0v) is 10.3. The van der Waals surface area contributed by atoms with Crippen LogP contribution in [0.3, 0.4) is 0 Å². The Bertz CT molecular complexity index is 411. The van der Waals surface area contributed by atoms with Crippen LogP contribution in [0.1, 0.15) is 12.0 Å². The number of nitrogens with one attached hydrogen (secondary N) is 2. The number of amides is 1. The quantitative estimate of drug-likeness (QED) is 0.856. The van der Waals surface area contributed by atoms with Crippen molar-refractivity contribution >= 4 is 11.6 Å². The Morgan fingerprint density at radius 2 is 2.44 bits per heavy atom. The number of aryl methyl sites for hydroxylation is 1. The molecule has 98 valence electrons. The third-order valence-electron chi connectivity index (χ3n) is 2.92. The van der Waals surface area contributed by atoms with E-state index in [1.807, 2.05) is 0 Å². The second-order valence-electron chi connectivity index (χ2n) is 4.41. The molecule has 0 radical (unpaired) electrons. The predicted molar refractivity (Wildman–Crippen MR) is 67.0 cm³/mol. The van der Waals surface area contributed by atoms with Crippen molar-refractivity contribution < 1.29 is 13.9 Å². The van der Waals surface area contributed by atoms with E-state index in [-0.39, 0.29) is 24.1 Å². The van der Waals surface area contributed by atoms with E-state index < -0.39 is 5.82 Å². The van der Waals surface area contributed by atoms with Gasteiger partial charge in [-0.25, -0.2) is 4.39 Å². The highest BCUT2D eigenvalue weighted by atomic mass is 19.1. The molecule has 0 aliphatic carbocycles. The zero-order chi connectivity index (χ0) is 13.0. The van der Waals surface area contributed by atoms with Crippen molar-refractivity contribution in [2.45, 2.75) is 19.4 Å². The molecule has 18 heavy (non-hydrogen) atoms. The van der Waals surface area contributed by atoms with Gasteiger partial charge in [-0.15, -0.1) is 0 Å². The Hall–Kier alpha value is -1.46. The lowest BCUT2D eigenvalue weighted by Gasteiger charge is -2.23. The van der Waals surface area contributed by atoms with Gasteiger partial charge in [0.15, 0.2) is 0 Å². The number of para-hydroxylation sites is 1. The summed E-state index contributed by atoms with van der Waals surface area (Å²) in [5, 5.41) is 5.80. The highest BCUT2D eigenvalue weighted by Crippen LogP contribution is 2.19. The number of hydrogen-bond donors (Lipinski definition) is 2. The molecule has 1 unspecified atom stereocenters.